The second-order valence-electron chi connectivity index (χ2n) is 5.29. The number of guanidine groups is 1. The Kier molecular flexibility index (Phi) is 9.42. The predicted octanol–water partition coefficient (Wildman–Crippen LogP) is 1.95. The maximum atomic E-state index is 5.85. The summed E-state index contributed by atoms with van der Waals surface area (Å²) in [7, 11) is 0. The lowest BCUT2D eigenvalue weighted by molar-refractivity contribution is 0.0341. The third-order valence-corrected chi connectivity index (χ3v) is 3.59. The highest BCUT2D eigenvalue weighted by atomic mass is 127. The Hall–Kier alpha value is -0.860. The van der Waals surface area contributed by atoms with E-state index in [2.05, 4.69) is 46.4 Å². The van der Waals surface area contributed by atoms with Crippen LogP contribution in [0.3, 0.4) is 0 Å². The molecule has 1 saturated heterocycles. The minimum absolute atomic E-state index is 0. The van der Waals surface area contributed by atoms with Gasteiger partial charge in [0.2, 0.25) is 0 Å². The molecule has 0 saturated carbocycles. The molecule has 6 heteroatoms. The number of nitrogens with two attached hydrogens (primary N) is 1. The molecule has 1 aliphatic rings. The van der Waals surface area contributed by atoms with Gasteiger partial charge < -0.3 is 15.8 Å². The molecular weight excluding hydrogens is 391 g/mol. The number of ether oxygens (including phenoxy) is 1. The Bertz CT molecular complexity index is 461. The fourth-order valence-corrected chi connectivity index (χ4v) is 2.35. The number of nitrogens with zero attached hydrogens (tertiary/aromatic N) is 2. The zero-order chi connectivity index (χ0) is 14.9. The molecule has 0 aliphatic carbocycles. The maximum Gasteiger partial charge on any atom is 0.188 e. The van der Waals surface area contributed by atoms with Crippen molar-refractivity contribution in [1.82, 2.24) is 10.2 Å². The zero-order valence-electron chi connectivity index (χ0n) is 13.3. The molecule has 124 valence electrons. The van der Waals surface area contributed by atoms with E-state index < -0.39 is 0 Å². The first-order chi connectivity index (χ1) is 10.3. The van der Waals surface area contributed by atoms with Gasteiger partial charge in [-0.05, 0) is 17.5 Å². The van der Waals surface area contributed by atoms with Gasteiger partial charge in [0.15, 0.2) is 5.96 Å². The van der Waals surface area contributed by atoms with Gasteiger partial charge in [0.05, 0.1) is 19.8 Å². The van der Waals surface area contributed by atoms with Gasteiger partial charge in [-0.15, -0.1) is 24.0 Å². The summed E-state index contributed by atoms with van der Waals surface area (Å²) in [5, 5.41) is 3.10. The van der Waals surface area contributed by atoms with E-state index in [0.29, 0.717) is 12.5 Å². The molecule has 0 bridgehead atoms. The molecule has 0 unspecified atom stereocenters. The zero-order valence-corrected chi connectivity index (χ0v) is 15.6. The van der Waals surface area contributed by atoms with Crippen molar-refractivity contribution in [3.63, 3.8) is 0 Å². The van der Waals surface area contributed by atoms with E-state index in [1.54, 1.807) is 0 Å². The highest BCUT2D eigenvalue weighted by molar-refractivity contribution is 14.0. The minimum Gasteiger partial charge on any atom is -0.379 e. The van der Waals surface area contributed by atoms with Crippen LogP contribution in [0.1, 0.15) is 24.5 Å². The van der Waals surface area contributed by atoms with Crippen LogP contribution < -0.4 is 11.1 Å². The molecular formula is C16H27IN4O. The number of morpholine rings is 1. The second kappa shape index (κ2) is 10.8. The largest absolute Gasteiger partial charge is 0.379 e. The van der Waals surface area contributed by atoms with Crippen molar-refractivity contribution >= 4 is 29.9 Å². The maximum absolute atomic E-state index is 5.85. The van der Waals surface area contributed by atoms with Crippen LogP contribution in [0.5, 0.6) is 0 Å². The van der Waals surface area contributed by atoms with E-state index in [0.717, 1.165) is 45.8 Å². The van der Waals surface area contributed by atoms with E-state index in [1.165, 1.54) is 11.1 Å². The molecule has 0 spiro atoms. The summed E-state index contributed by atoms with van der Waals surface area (Å²) in [6.07, 6.45) is 1.05. The van der Waals surface area contributed by atoms with Crippen molar-refractivity contribution in [1.29, 1.82) is 0 Å². The number of halogens is 1. The third-order valence-electron chi connectivity index (χ3n) is 3.59. The molecule has 1 heterocycles. The lowest BCUT2D eigenvalue weighted by Gasteiger charge is -2.27. The Morgan fingerprint density at radius 3 is 2.64 bits per heavy atom. The van der Waals surface area contributed by atoms with Crippen molar-refractivity contribution in [2.45, 2.75) is 26.4 Å². The first-order valence-electron chi connectivity index (χ1n) is 7.70. The summed E-state index contributed by atoms with van der Waals surface area (Å²) in [6.45, 7) is 8.21. The highest BCUT2D eigenvalue weighted by Crippen LogP contribution is 2.14. The molecule has 5 nitrogen and oxygen atoms in total. The van der Waals surface area contributed by atoms with Gasteiger partial charge in [0.1, 0.15) is 0 Å². The van der Waals surface area contributed by atoms with E-state index in [9.17, 15) is 0 Å². The monoisotopic (exact) mass is 418 g/mol. The van der Waals surface area contributed by atoms with Crippen LogP contribution in [0.25, 0.3) is 0 Å². The third kappa shape index (κ3) is 6.50. The summed E-state index contributed by atoms with van der Waals surface area (Å²) in [6, 6.07) is 8.45. The van der Waals surface area contributed by atoms with Gasteiger partial charge >= 0.3 is 0 Å². The van der Waals surface area contributed by atoms with Crippen molar-refractivity contribution in [2.24, 2.45) is 10.7 Å². The highest BCUT2D eigenvalue weighted by Gasteiger charge is 2.12. The molecule has 0 amide bonds. The number of aliphatic imine (C=N–C) groups is 1. The summed E-state index contributed by atoms with van der Waals surface area (Å²) in [5.74, 6) is 0.526. The molecule has 0 aromatic heterocycles. The molecule has 0 atom stereocenters. The fourth-order valence-electron chi connectivity index (χ4n) is 2.35. The van der Waals surface area contributed by atoms with Crippen LogP contribution in [-0.4, -0.2) is 43.7 Å². The van der Waals surface area contributed by atoms with Gasteiger partial charge in [-0.25, -0.2) is 4.99 Å². The number of rotatable bonds is 6. The lowest BCUT2D eigenvalue weighted by atomic mass is 10.1. The van der Waals surface area contributed by atoms with Crippen molar-refractivity contribution in [2.75, 3.05) is 32.8 Å². The number of hydrogen-bond donors (Lipinski definition) is 2. The van der Waals surface area contributed by atoms with Crippen LogP contribution in [-0.2, 0) is 17.8 Å². The Labute approximate surface area is 150 Å². The molecule has 3 N–H and O–H groups in total. The summed E-state index contributed by atoms with van der Waals surface area (Å²) in [5.41, 5.74) is 8.42. The fraction of sp³-hybridized carbons (Fsp3) is 0.562. The van der Waals surface area contributed by atoms with E-state index in [1.807, 2.05) is 0 Å². The minimum atomic E-state index is 0. The van der Waals surface area contributed by atoms with Gasteiger partial charge in [-0.1, -0.05) is 31.2 Å². The molecule has 1 fully saturated rings. The molecule has 1 aromatic carbocycles. The van der Waals surface area contributed by atoms with Crippen molar-refractivity contribution < 1.29 is 4.74 Å². The SMILES string of the molecule is CCCNC(N)=NCc1ccccc1CN1CCOCC1.I. The average molecular weight is 418 g/mol. The second-order valence-corrected chi connectivity index (χ2v) is 5.29. The van der Waals surface area contributed by atoms with Crippen molar-refractivity contribution in [3.8, 4) is 0 Å². The number of hydrogen-bond acceptors (Lipinski definition) is 3. The predicted molar refractivity (Wildman–Crippen MR) is 102 cm³/mol. The van der Waals surface area contributed by atoms with E-state index in [-0.39, 0.29) is 24.0 Å². The van der Waals surface area contributed by atoms with Crippen molar-refractivity contribution in [3.05, 3.63) is 35.4 Å². The summed E-state index contributed by atoms with van der Waals surface area (Å²) < 4.78 is 5.40. The molecule has 2 rings (SSSR count). The normalized spacial score (nSPS) is 16.1. The number of benzene rings is 1. The summed E-state index contributed by atoms with van der Waals surface area (Å²) in [4.78, 5) is 6.85. The lowest BCUT2D eigenvalue weighted by Crippen LogP contribution is -2.36. The first kappa shape index (κ1) is 19.2. The smallest absolute Gasteiger partial charge is 0.188 e. The van der Waals surface area contributed by atoms with Gasteiger partial charge in [0, 0.05) is 26.2 Å². The Balaban J connectivity index is 0.00000242. The van der Waals surface area contributed by atoms with Crippen LogP contribution in [0, 0.1) is 0 Å². The van der Waals surface area contributed by atoms with Crippen LogP contribution in [0.15, 0.2) is 29.3 Å². The Morgan fingerprint density at radius 2 is 1.95 bits per heavy atom. The molecule has 1 aliphatic heterocycles. The van der Waals surface area contributed by atoms with Crippen LogP contribution in [0.2, 0.25) is 0 Å². The van der Waals surface area contributed by atoms with Gasteiger partial charge in [0.25, 0.3) is 0 Å². The van der Waals surface area contributed by atoms with E-state index in [4.69, 9.17) is 10.5 Å². The van der Waals surface area contributed by atoms with Crippen LogP contribution in [0.4, 0.5) is 0 Å². The molecule has 22 heavy (non-hydrogen) atoms. The van der Waals surface area contributed by atoms with E-state index >= 15 is 0 Å². The molecule has 1 aromatic rings. The number of nitrogens with one attached hydrogen (secondary N) is 1. The van der Waals surface area contributed by atoms with Gasteiger partial charge in [-0.3, -0.25) is 4.90 Å². The van der Waals surface area contributed by atoms with Crippen LogP contribution >= 0.6 is 24.0 Å². The molecule has 0 radical (unpaired) electrons. The standard InChI is InChI=1S/C16H26N4O.HI/c1-2-7-18-16(17)19-12-14-5-3-4-6-15(14)13-20-8-10-21-11-9-20;/h3-6H,2,7-13H2,1H3,(H3,17,18,19);1H. The first-order valence-corrected chi connectivity index (χ1v) is 7.70. The van der Waals surface area contributed by atoms with Gasteiger partial charge in [-0.2, -0.15) is 0 Å². The topological polar surface area (TPSA) is 62.9 Å². The summed E-state index contributed by atoms with van der Waals surface area (Å²) >= 11 is 0. The quantitative estimate of drug-likeness (QED) is 0.421. The Morgan fingerprint density at radius 1 is 1.27 bits per heavy atom. The average Bonchev–Trinajstić information content (AvgIpc) is 2.53.